The molecule has 0 saturated carbocycles. The average molecular weight is 441 g/mol. The van der Waals surface area contributed by atoms with E-state index in [1.807, 2.05) is 60.7 Å². The van der Waals surface area contributed by atoms with Crippen LogP contribution in [0.2, 0.25) is 0 Å². The Morgan fingerprint density at radius 3 is 2.12 bits per heavy atom. The fourth-order valence-electron chi connectivity index (χ4n) is 4.47. The normalized spacial score (nSPS) is 13.9. The van der Waals surface area contributed by atoms with Gasteiger partial charge in [0.05, 0.1) is 5.56 Å². The van der Waals surface area contributed by atoms with Crippen molar-refractivity contribution in [2.45, 2.75) is 6.42 Å². The number of carboxylic acid groups (broad SMARTS) is 1. The third-order valence-corrected chi connectivity index (χ3v) is 6.11. The summed E-state index contributed by atoms with van der Waals surface area (Å²) in [4.78, 5) is 32.9. The molecule has 0 spiro atoms. The number of benzene rings is 2. The molecule has 7 heteroatoms. The van der Waals surface area contributed by atoms with E-state index in [1.165, 1.54) is 4.90 Å². The topological polar surface area (TPSA) is 78.7 Å². The molecule has 2 aromatic carbocycles. The van der Waals surface area contributed by atoms with Crippen LogP contribution in [0.5, 0.6) is 0 Å². The molecular weight excluding hydrogens is 416 g/mol. The van der Waals surface area contributed by atoms with Crippen molar-refractivity contribution >= 4 is 23.0 Å². The number of rotatable bonds is 4. The molecule has 0 bridgehead atoms. The molecule has 0 unspecified atom stereocenters. The van der Waals surface area contributed by atoms with Crippen LogP contribution in [0.1, 0.15) is 21.6 Å². The summed E-state index contributed by atoms with van der Waals surface area (Å²) >= 11 is 0. The Balaban J connectivity index is 1.65. The lowest BCUT2D eigenvalue weighted by Gasteiger charge is -2.33. The van der Waals surface area contributed by atoms with Crippen LogP contribution in [-0.2, 0) is 6.42 Å². The molecule has 33 heavy (non-hydrogen) atoms. The monoisotopic (exact) mass is 440 g/mol. The second-order valence-corrected chi connectivity index (χ2v) is 8.09. The predicted molar refractivity (Wildman–Crippen MR) is 126 cm³/mol. The van der Waals surface area contributed by atoms with Crippen molar-refractivity contribution in [3.63, 3.8) is 0 Å². The lowest BCUT2D eigenvalue weighted by atomic mass is 10.0. The Morgan fingerprint density at radius 2 is 1.45 bits per heavy atom. The Hall–Kier alpha value is -4.13. The van der Waals surface area contributed by atoms with Gasteiger partial charge >= 0.3 is 6.09 Å². The van der Waals surface area contributed by atoms with E-state index in [1.54, 1.807) is 11.1 Å². The van der Waals surface area contributed by atoms with Gasteiger partial charge in [-0.2, -0.15) is 0 Å². The second kappa shape index (κ2) is 8.78. The molecule has 0 radical (unpaired) electrons. The molecular formula is C26H24N4O3. The first-order chi connectivity index (χ1) is 16.1. The van der Waals surface area contributed by atoms with Gasteiger partial charge < -0.3 is 14.9 Å². The zero-order valence-electron chi connectivity index (χ0n) is 18.1. The molecule has 3 heterocycles. The van der Waals surface area contributed by atoms with E-state index in [2.05, 4.69) is 21.7 Å². The maximum atomic E-state index is 13.9. The van der Waals surface area contributed by atoms with E-state index in [9.17, 15) is 14.7 Å². The summed E-state index contributed by atoms with van der Waals surface area (Å²) in [5.74, 6) is -0.0846. The third-order valence-electron chi connectivity index (χ3n) is 6.11. The smallest absolute Gasteiger partial charge is 0.407 e. The Morgan fingerprint density at radius 1 is 0.818 bits per heavy atom. The maximum Gasteiger partial charge on any atom is 0.407 e. The van der Waals surface area contributed by atoms with E-state index in [0.717, 1.165) is 28.0 Å². The van der Waals surface area contributed by atoms with Crippen molar-refractivity contribution in [1.29, 1.82) is 0 Å². The van der Waals surface area contributed by atoms with Crippen LogP contribution in [0, 0.1) is 0 Å². The molecule has 1 aliphatic heterocycles. The number of fused-ring (bicyclic) bond motifs is 1. The van der Waals surface area contributed by atoms with Gasteiger partial charge in [0.25, 0.3) is 5.91 Å². The molecule has 1 fully saturated rings. The Labute approximate surface area is 191 Å². The van der Waals surface area contributed by atoms with E-state index in [0.29, 0.717) is 38.2 Å². The molecule has 7 nitrogen and oxygen atoms in total. The lowest BCUT2D eigenvalue weighted by molar-refractivity contribution is 0.0625. The van der Waals surface area contributed by atoms with Gasteiger partial charge in [-0.15, -0.1) is 0 Å². The molecule has 0 aliphatic carbocycles. The quantitative estimate of drug-likeness (QED) is 0.519. The number of nitrogens with zero attached hydrogens (tertiary/aromatic N) is 4. The summed E-state index contributed by atoms with van der Waals surface area (Å²) in [6.07, 6.45) is 1.37. The number of aromatic nitrogens is 2. The van der Waals surface area contributed by atoms with Gasteiger partial charge in [0.1, 0.15) is 5.65 Å². The molecule has 2 aromatic heterocycles. The van der Waals surface area contributed by atoms with E-state index in [4.69, 9.17) is 0 Å². The number of amides is 2. The summed E-state index contributed by atoms with van der Waals surface area (Å²) in [5.41, 5.74) is 4.30. The van der Waals surface area contributed by atoms with Crippen molar-refractivity contribution < 1.29 is 14.7 Å². The van der Waals surface area contributed by atoms with Crippen LogP contribution in [-0.4, -0.2) is 62.6 Å². The highest BCUT2D eigenvalue weighted by Gasteiger charge is 2.30. The van der Waals surface area contributed by atoms with Gasteiger partial charge in [-0.3, -0.25) is 9.36 Å². The van der Waals surface area contributed by atoms with E-state index >= 15 is 0 Å². The molecule has 4 aromatic rings. The molecule has 1 aliphatic rings. The van der Waals surface area contributed by atoms with Crippen molar-refractivity contribution in [2.24, 2.45) is 0 Å². The molecule has 2 amide bonds. The van der Waals surface area contributed by atoms with Crippen LogP contribution < -0.4 is 0 Å². The number of hydrogen-bond acceptors (Lipinski definition) is 3. The SMILES string of the molecule is O=C(O)N1CCN(C(=O)c2c(Cc3ccccc3)n(-c3ccccc3)c3ncccc23)CC1. The predicted octanol–water partition coefficient (Wildman–Crippen LogP) is 4.05. The third kappa shape index (κ3) is 3.93. The number of piperazine rings is 1. The summed E-state index contributed by atoms with van der Waals surface area (Å²) in [6.45, 7) is 1.36. The van der Waals surface area contributed by atoms with Crippen molar-refractivity contribution in [3.8, 4) is 5.69 Å². The van der Waals surface area contributed by atoms with Crippen molar-refractivity contribution in [3.05, 3.63) is 95.8 Å². The highest BCUT2D eigenvalue weighted by Crippen LogP contribution is 2.31. The summed E-state index contributed by atoms with van der Waals surface area (Å²) in [7, 11) is 0. The lowest BCUT2D eigenvalue weighted by Crippen LogP contribution is -2.50. The number of carbonyl (C=O) groups is 2. The highest BCUT2D eigenvalue weighted by molar-refractivity contribution is 6.08. The Kier molecular flexibility index (Phi) is 5.52. The van der Waals surface area contributed by atoms with Crippen molar-refractivity contribution in [2.75, 3.05) is 26.2 Å². The fourth-order valence-corrected chi connectivity index (χ4v) is 4.47. The molecule has 5 rings (SSSR count). The van der Waals surface area contributed by atoms with Gasteiger partial charge in [0.15, 0.2) is 0 Å². The Bertz CT molecular complexity index is 1290. The minimum atomic E-state index is -0.947. The number of pyridine rings is 1. The van der Waals surface area contributed by atoms with Crippen molar-refractivity contribution in [1.82, 2.24) is 19.4 Å². The number of hydrogen-bond donors (Lipinski definition) is 1. The van der Waals surface area contributed by atoms with Crippen LogP contribution in [0.4, 0.5) is 4.79 Å². The minimum absolute atomic E-state index is 0.0846. The first kappa shape index (κ1) is 20.8. The minimum Gasteiger partial charge on any atom is -0.465 e. The van der Waals surface area contributed by atoms with Gasteiger partial charge in [0.2, 0.25) is 0 Å². The second-order valence-electron chi connectivity index (χ2n) is 8.09. The van der Waals surface area contributed by atoms with Crippen LogP contribution in [0.25, 0.3) is 16.7 Å². The van der Waals surface area contributed by atoms with Crippen LogP contribution >= 0.6 is 0 Å². The zero-order valence-corrected chi connectivity index (χ0v) is 18.1. The molecule has 1 saturated heterocycles. The van der Waals surface area contributed by atoms with Crippen LogP contribution in [0.3, 0.4) is 0 Å². The van der Waals surface area contributed by atoms with E-state index < -0.39 is 6.09 Å². The standard InChI is InChI=1S/C26H24N4O3/c31-25(28-14-16-29(17-15-28)26(32)33)23-21-12-7-13-27-24(21)30(20-10-5-2-6-11-20)22(23)18-19-8-3-1-4-9-19/h1-13H,14-18H2,(H,32,33). The maximum absolute atomic E-state index is 13.9. The van der Waals surface area contributed by atoms with Gasteiger partial charge in [-0.25, -0.2) is 9.78 Å². The van der Waals surface area contributed by atoms with Gasteiger partial charge in [0, 0.05) is 55.6 Å². The number of carbonyl (C=O) groups excluding carboxylic acids is 1. The zero-order chi connectivity index (χ0) is 22.8. The fraction of sp³-hybridized carbons (Fsp3) is 0.192. The largest absolute Gasteiger partial charge is 0.465 e. The summed E-state index contributed by atoms with van der Waals surface area (Å²) < 4.78 is 2.07. The van der Waals surface area contributed by atoms with Gasteiger partial charge in [-0.05, 0) is 29.8 Å². The number of para-hydroxylation sites is 1. The summed E-state index contributed by atoms with van der Waals surface area (Å²) in [6, 6.07) is 23.8. The highest BCUT2D eigenvalue weighted by atomic mass is 16.4. The average Bonchev–Trinajstić information content (AvgIpc) is 3.18. The summed E-state index contributed by atoms with van der Waals surface area (Å²) in [5, 5.41) is 10.1. The molecule has 166 valence electrons. The first-order valence-corrected chi connectivity index (χ1v) is 11.0. The van der Waals surface area contributed by atoms with E-state index in [-0.39, 0.29) is 5.91 Å². The first-order valence-electron chi connectivity index (χ1n) is 11.0. The molecule has 0 atom stereocenters. The van der Waals surface area contributed by atoms with Gasteiger partial charge in [-0.1, -0.05) is 48.5 Å². The molecule has 1 N–H and O–H groups in total. The van der Waals surface area contributed by atoms with Crippen LogP contribution in [0.15, 0.2) is 79.0 Å².